The van der Waals surface area contributed by atoms with Gasteiger partial charge in [0.2, 0.25) is 5.91 Å². The van der Waals surface area contributed by atoms with Gasteiger partial charge in [-0.05, 0) is 13.0 Å². The van der Waals surface area contributed by atoms with Crippen molar-refractivity contribution in [3.05, 3.63) is 27.9 Å². The van der Waals surface area contributed by atoms with Gasteiger partial charge in [0.05, 0.1) is 4.92 Å². The zero-order valence-corrected chi connectivity index (χ0v) is 10.6. The molecule has 0 spiro atoms. The lowest BCUT2D eigenvalue weighted by Gasteiger charge is -2.10. The molecule has 0 unspecified atom stereocenters. The topological polar surface area (TPSA) is 88.4 Å². The summed E-state index contributed by atoms with van der Waals surface area (Å²) in [6.45, 7) is 2.09. The molecule has 1 heterocycles. The molecule has 7 nitrogen and oxygen atoms in total. The number of rotatable bonds is 5. The van der Waals surface area contributed by atoms with Crippen molar-refractivity contribution in [1.29, 1.82) is 0 Å². The minimum absolute atomic E-state index is 0.00934. The molecule has 0 aromatic carbocycles. The van der Waals surface area contributed by atoms with Crippen molar-refractivity contribution < 1.29 is 9.72 Å². The van der Waals surface area contributed by atoms with Crippen LogP contribution in [0.5, 0.6) is 0 Å². The van der Waals surface area contributed by atoms with Gasteiger partial charge in [-0.25, -0.2) is 4.98 Å². The number of nitro groups is 1. The third-order valence-corrected chi connectivity index (χ3v) is 2.42. The lowest BCUT2D eigenvalue weighted by molar-refractivity contribution is -0.385. The Hall–Kier alpha value is -2.18. The fraction of sp³-hybridized carbons (Fsp3) is 0.455. The highest BCUT2D eigenvalue weighted by molar-refractivity contribution is 5.76. The van der Waals surface area contributed by atoms with Crippen LogP contribution < -0.4 is 5.32 Å². The van der Waals surface area contributed by atoms with Gasteiger partial charge in [0, 0.05) is 32.6 Å². The molecule has 1 N–H and O–H groups in total. The number of aryl methyl sites for hydroxylation is 1. The number of amides is 1. The number of carbonyl (C=O) groups excluding carboxylic acids is 1. The second kappa shape index (κ2) is 5.95. The Bertz CT molecular complexity index is 460. The number of aromatic nitrogens is 1. The van der Waals surface area contributed by atoms with Gasteiger partial charge in [-0.2, -0.15) is 0 Å². The Labute approximate surface area is 105 Å². The van der Waals surface area contributed by atoms with E-state index in [2.05, 4.69) is 10.3 Å². The van der Waals surface area contributed by atoms with Gasteiger partial charge in [-0.3, -0.25) is 14.9 Å². The predicted octanol–water partition coefficient (Wildman–Crippen LogP) is 1.19. The number of hydrogen-bond acceptors (Lipinski definition) is 5. The summed E-state index contributed by atoms with van der Waals surface area (Å²) in [4.78, 5) is 26.9. The average molecular weight is 252 g/mol. The zero-order valence-electron chi connectivity index (χ0n) is 10.6. The van der Waals surface area contributed by atoms with Crippen molar-refractivity contribution in [2.24, 2.45) is 0 Å². The molecule has 0 aliphatic rings. The molecular weight excluding hydrogens is 236 g/mol. The van der Waals surface area contributed by atoms with E-state index in [1.54, 1.807) is 27.1 Å². The van der Waals surface area contributed by atoms with Crippen molar-refractivity contribution in [3.63, 3.8) is 0 Å². The highest BCUT2D eigenvalue weighted by atomic mass is 16.6. The lowest BCUT2D eigenvalue weighted by Crippen LogP contribution is -2.24. The largest absolute Gasteiger partial charge is 0.370 e. The van der Waals surface area contributed by atoms with Crippen LogP contribution in [0, 0.1) is 17.0 Å². The molecule has 18 heavy (non-hydrogen) atoms. The second-order valence-corrected chi connectivity index (χ2v) is 4.08. The van der Waals surface area contributed by atoms with Crippen molar-refractivity contribution in [1.82, 2.24) is 9.88 Å². The molecule has 0 bridgehead atoms. The maximum absolute atomic E-state index is 11.3. The fourth-order valence-corrected chi connectivity index (χ4v) is 1.36. The number of pyridine rings is 1. The molecule has 7 heteroatoms. The summed E-state index contributed by atoms with van der Waals surface area (Å²) in [5.74, 6) is 0.547. The number of hydrogen-bond donors (Lipinski definition) is 1. The molecule has 1 aromatic heterocycles. The van der Waals surface area contributed by atoms with Gasteiger partial charge < -0.3 is 10.2 Å². The van der Waals surface area contributed by atoms with E-state index >= 15 is 0 Å². The zero-order chi connectivity index (χ0) is 13.7. The number of carbonyl (C=O) groups is 1. The van der Waals surface area contributed by atoms with Crippen molar-refractivity contribution in [3.8, 4) is 0 Å². The minimum Gasteiger partial charge on any atom is -0.370 e. The van der Waals surface area contributed by atoms with Crippen molar-refractivity contribution in [2.75, 3.05) is 26.0 Å². The Morgan fingerprint density at radius 3 is 2.72 bits per heavy atom. The van der Waals surface area contributed by atoms with Crippen LogP contribution >= 0.6 is 0 Å². The summed E-state index contributed by atoms with van der Waals surface area (Å²) in [5, 5.41) is 13.6. The Balaban J connectivity index is 2.57. The van der Waals surface area contributed by atoms with Crippen molar-refractivity contribution in [2.45, 2.75) is 13.3 Å². The quantitative estimate of drug-likeness (QED) is 0.628. The first-order valence-electron chi connectivity index (χ1n) is 5.47. The van der Waals surface area contributed by atoms with E-state index in [0.29, 0.717) is 24.3 Å². The number of nitrogens with zero attached hydrogens (tertiary/aromatic N) is 3. The van der Waals surface area contributed by atoms with Crippen LogP contribution in [0.1, 0.15) is 12.0 Å². The normalized spacial score (nSPS) is 9.94. The van der Waals surface area contributed by atoms with Gasteiger partial charge in [0.25, 0.3) is 5.69 Å². The first kappa shape index (κ1) is 13.9. The van der Waals surface area contributed by atoms with E-state index < -0.39 is 4.92 Å². The maximum atomic E-state index is 11.3. The van der Waals surface area contributed by atoms with Crippen LogP contribution in [0.3, 0.4) is 0 Å². The highest BCUT2D eigenvalue weighted by Gasteiger charge is 2.11. The Morgan fingerprint density at radius 2 is 2.22 bits per heavy atom. The smallest absolute Gasteiger partial charge is 0.290 e. The molecular formula is C11H16N4O3. The third kappa shape index (κ3) is 3.69. The van der Waals surface area contributed by atoms with Crippen LogP contribution in [0.4, 0.5) is 11.5 Å². The molecule has 0 aliphatic heterocycles. The molecule has 0 fully saturated rings. The molecule has 0 saturated heterocycles. The lowest BCUT2D eigenvalue weighted by atomic mass is 10.2. The molecule has 98 valence electrons. The van der Waals surface area contributed by atoms with E-state index in [1.165, 1.54) is 11.1 Å². The average Bonchev–Trinajstić information content (AvgIpc) is 2.28. The van der Waals surface area contributed by atoms with Gasteiger partial charge in [0.15, 0.2) is 0 Å². The monoisotopic (exact) mass is 252 g/mol. The summed E-state index contributed by atoms with van der Waals surface area (Å²) >= 11 is 0. The molecule has 0 atom stereocenters. The van der Waals surface area contributed by atoms with Crippen molar-refractivity contribution >= 4 is 17.4 Å². The molecule has 0 saturated carbocycles. The van der Waals surface area contributed by atoms with E-state index in [0.717, 1.165) is 0 Å². The Morgan fingerprint density at radius 1 is 1.56 bits per heavy atom. The van der Waals surface area contributed by atoms with Crippen LogP contribution in [0.15, 0.2) is 12.3 Å². The minimum atomic E-state index is -0.471. The van der Waals surface area contributed by atoms with Gasteiger partial charge in [-0.1, -0.05) is 0 Å². The van der Waals surface area contributed by atoms with Gasteiger partial charge in [0.1, 0.15) is 12.0 Å². The molecule has 0 aliphatic carbocycles. The van der Waals surface area contributed by atoms with Gasteiger partial charge >= 0.3 is 0 Å². The van der Waals surface area contributed by atoms with E-state index in [4.69, 9.17) is 0 Å². The van der Waals surface area contributed by atoms with E-state index in [9.17, 15) is 14.9 Å². The maximum Gasteiger partial charge on any atom is 0.290 e. The fourth-order valence-electron chi connectivity index (χ4n) is 1.36. The van der Waals surface area contributed by atoms with Crippen LogP contribution in [0.2, 0.25) is 0 Å². The summed E-state index contributed by atoms with van der Waals surface area (Å²) in [5.41, 5.74) is 0.529. The second-order valence-electron chi connectivity index (χ2n) is 4.08. The first-order valence-corrected chi connectivity index (χ1v) is 5.47. The van der Waals surface area contributed by atoms with Gasteiger partial charge in [-0.15, -0.1) is 0 Å². The number of anilines is 1. The number of nitrogens with one attached hydrogen (secondary N) is 1. The van der Waals surface area contributed by atoms with E-state index in [1.807, 2.05) is 0 Å². The Kier molecular flexibility index (Phi) is 4.59. The predicted molar refractivity (Wildman–Crippen MR) is 67.4 cm³/mol. The van der Waals surface area contributed by atoms with Crippen LogP contribution in [-0.4, -0.2) is 41.4 Å². The SMILES string of the molecule is Cc1cc(NCCC(=O)N(C)C)ncc1[N+](=O)[O-]. The summed E-state index contributed by atoms with van der Waals surface area (Å²) in [7, 11) is 3.38. The van der Waals surface area contributed by atoms with E-state index in [-0.39, 0.29) is 11.6 Å². The molecule has 0 radical (unpaired) electrons. The van der Waals surface area contributed by atoms with Crippen LogP contribution in [0.25, 0.3) is 0 Å². The summed E-state index contributed by atoms with van der Waals surface area (Å²) < 4.78 is 0. The highest BCUT2D eigenvalue weighted by Crippen LogP contribution is 2.18. The molecule has 1 aromatic rings. The van der Waals surface area contributed by atoms with Crippen LogP contribution in [-0.2, 0) is 4.79 Å². The standard InChI is InChI=1S/C11H16N4O3/c1-8-6-10(13-7-9(8)15(17)18)12-5-4-11(16)14(2)3/h6-7H,4-5H2,1-3H3,(H,12,13). The molecule has 1 amide bonds. The summed E-state index contributed by atoms with van der Waals surface area (Å²) in [6, 6.07) is 1.60. The first-order chi connectivity index (χ1) is 8.41. The molecule has 1 rings (SSSR count). The third-order valence-electron chi connectivity index (χ3n) is 2.42. The summed E-state index contributed by atoms with van der Waals surface area (Å²) in [6.07, 6.45) is 1.57.